The van der Waals surface area contributed by atoms with Gasteiger partial charge in [0.2, 0.25) is 11.8 Å². The van der Waals surface area contributed by atoms with Gasteiger partial charge in [-0.25, -0.2) is 0 Å². The summed E-state index contributed by atoms with van der Waals surface area (Å²) < 4.78 is 5.34. The summed E-state index contributed by atoms with van der Waals surface area (Å²) in [6.45, 7) is 5.47. The highest BCUT2D eigenvalue weighted by Gasteiger charge is 2.49. The topological polar surface area (TPSA) is 62.5 Å². The second-order valence-corrected chi connectivity index (χ2v) is 8.09. The average molecular weight is 346 g/mol. The summed E-state index contributed by atoms with van der Waals surface area (Å²) in [7, 11) is 0. The summed E-state index contributed by atoms with van der Waals surface area (Å²) in [6, 6.07) is 0.496. The van der Waals surface area contributed by atoms with E-state index < -0.39 is 0 Å². The van der Waals surface area contributed by atoms with Crippen LogP contribution in [0.1, 0.15) is 70.0 Å². The summed E-state index contributed by atoms with van der Waals surface area (Å²) in [6.07, 6.45) is 10.3. The minimum Gasteiger partial charge on any atom is -0.339 e. The molecule has 3 fully saturated rings. The molecule has 6 heteroatoms. The van der Waals surface area contributed by atoms with Gasteiger partial charge in [0, 0.05) is 25.6 Å². The Balaban J connectivity index is 1.41. The molecular formula is C19H30N4O2. The molecule has 1 atom stereocenters. The zero-order valence-corrected chi connectivity index (χ0v) is 15.4. The van der Waals surface area contributed by atoms with E-state index in [-0.39, 0.29) is 5.41 Å². The third-order valence-corrected chi connectivity index (χ3v) is 6.40. The van der Waals surface area contributed by atoms with Crippen molar-refractivity contribution in [3.63, 3.8) is 0 Å². The van der Waals surface area contributed by atoms with E-state index in [2.05, 4.69) is 19.9 Å². The quantitative estimate of drug-likeness (QED) is 0.839. The van der Waals surface area contributed by atoms with Gasteiger partial charge < -0.3 is 9.42 Å². The molecule has 0 radical (unpaired) electrons. The Morgan fingerprint density at radius 3 is 2.76 bits per heavy atom. The average Bonchev–Trinajstić information content (AvgIpc) is 3.26. The Kier molecular flexibility index (Phi) is 4.80. The summed E-state index contributed by atoms with van der Waals surface area (Å²) >= 11 is 0. The maximum atomic E-state index is 13.3. The van der Waals surface area contributed by atoms with Crippen LogP contribution < -0.4 is 0 Å². The second-order valence-electron chi connectivity index (χ2n) is 8.09. The highest BCUT2D eigenvalue weighted by atomic mass is 16.5. The van der Waals surface area contributed by atoms with E-state index >= 15 is 0 Å². The lowest BCUT2D eigenvalue weighted by Gasteiger charge is -2.44. The lowest BCUT2D eigenvalue weighted by Crippen LogP contribution is -2.54. The molecular weight excluding hydrogens is 316 g/mol. The van der Waals surface area contributed by atoms with Crippen LogP contribution in [0.4, 0.5) is 0 Å². The van der Waals surface area contributed by atoms with Crippen molar-refractivity contribution >= 4 is 5.91 Å². The monoisotopic (exact) mass is 346 g/mol. The number of nitrogens with zero attached hydrogens (tertiary/aromatic N) is 4. The van der Waals surface area contributed by atoms with Gasteiger partial charge in [-0.15, -0.1) is 0 Å². The number of carbonyl (C=O) groups excluding carboxylic acids is 1. The minimum absolute atomic E-state index is 0.163. The number of aromatic nitrogens is 2. The van der Waals surface area contributed by atoms with E-state index in [0.717, 1.165) is 51.1 Å². The number of likely N-dealkylation sites (tertiary alicyclic amines) is 2. The van der Waals surface area contributed by atoms with E-state index in [0.29, 0.717) is 24.4 Å². The largest absolute Gasteiger partial charge is 0.339 e. The SMILES string of the molecule is CCc1noc(CN2CCC3(CCCN(C4CCCCC4)C3=O)C2)n1. The van der Waals surface area contributed by atoms with Gasteiger partial charge in [0.1, 0.15) is 0 Å². The molecule has 2 saturated heterocycles. The Hall–Kier alpha value is -1.43. The Morgan fingerprint density at radius 1 is 1.16 bits per heavy atom. The number of hydrogen-bond acceptors (Lipinski definition) is 5. The lowest BCUT2D eigenvalue weighted by atomic mass is 9.77. The van der Waals surface area contributed by atoms with Crippen molar-refractivity contribution in [3.05, 3.63) is 11.7 Å². The first-order chi connectivity index (χ1) is 12.2. The minimum atomic E-state index is -0.163. The molecule has 1 aromatic rings. The smallest absolute Gasteiger partial charge is 0.240 e. The van der Waals surface area contributed by atoms with E-state index in [4.69, 9.17) is 4.52 Å². The van der Waals surface area contributed by atoms with Crippen molar-refractivity contribution in [1.82, 2.24) is 19.9 Å². The molecule has 3 heterocycles. The Morgan fingerprint density at radius 2 is 2.00 bits per heavy atom. The molecule has 2 aliphatic heterocycles. The highest BCUT2D eigenvalue weighted by molar-refractivity contribution is 5.84. The van der Waals surface area contributed by atoms with Crippen LogP contribution in [0.25, 0.3) is 0 Å². The first kappa shape index (κ1) is 17.0. The third kappa shape index (κ3) is 3.33. The normalized spacial score (nSPS) is 29.0. The molecule has 4 rings (SSSR count). The highest BCUT2D eigenvalue weighted by Crippen LogP contribution is 2.42. The number of amides is 1. The van der Waals surface area contributed by atoms with Crippen molar-refractivity contribution in [2.24, 2.45) is 5.41 Å². The van der Waals surface area contributed by atoms with Crippen molar-refractivity contribution in [2.75, 3.05) is 19.6 Å². The molecule has 25 heavy (non-hydrogen) atoms. The second kappa shape index (κ2) is 7.06. The van der Waals surface area contributed by atoms with Gasteiger partial charge in [0.15, 0.2) is 5.82 Å². The third-order valence-electron chi connectivity index (χ3n) is 6.40. The van der Waals surface area contributed by atoms with Crippen molar-refractivity contribution in [1.29, 1.82) is 0 Å². The fraction of sp³-hybridized carbons (Fsp3) is 0.842. The zero-order valence-electron chi connectivity index (χ0n) is 15.4. The van der Waals surface area contributed by atoms with Crippen LogP contribution in [0.2, 0.25) is 0 Å². The molecule has 0 bridgehead atoms. The van der Waals surface area contributed by atoms with Gasteiger partial charge in [0.05, 0.1) is 12.0 Å². The fourth-order valence-electron chi connectivity index (χ4n) is 5.00. The first-order valence-corrected chi connectivity index (χ1v) is 10.0. The van der Waals surface area contributed by atoms with Gasteiger partial charge in [-0.1, -0.05) is 31.3 Å². The van der Waals surface area contributed by atoms with Gasteiger partial charge in [-0.3, -0.25) is 9.69 Å². The van der Waals surface area contributed by atoms with E-state index in [9.17, 15) is 4.79 Å². The molecule has 1 aliphatic carbocycles. The molecule has 1 saturated carbocycles. The van der Waals surface area contributed by atoms with Gasteiger partial charge in [-0.2, -0.15) is 4.98 Å². The standard InChI is InChI=1S/C19H30N4O2/c1-2-16-20-17(25-21-16)13-22-12-10-19(14-22)9-6-11-23(18(19)24)15-7-4-3-5-8-15/h15H,2-14H2,1H3. The molecule has 138 valence electrons. The summed E-state index contributed by atoms with van der Waals surface area (Å²) in [5.74, 6) is 1.87. The van der Waals surface area contributed by atoms with Gasteiger partial charge in [-0.05, 0) is 38.6 Å². The van der Waals surface area contributed by atoms with Crippen LogP contribution >= 0.6 is 0 Å². The summed E-state index contributed by atoms with van der Waals surface area (Å²) in [5, 5.41) is 3.98. The van der Waals surface area contributed by atoms with Gasteiger partial charge in [0.25, 0.3) is 0 Å². The van der Waals surface area contributed by atoms with Crippen LogP contribution in [0.3, 0.4) is 0 Å². The van der Waals surface area contributed by atoms with Crippen molar-refractivity contribution < 1.29 is 9.32 Å². The number of carbonyl (C=O) groups is 1. The van der Waals surface area contributed by atoms with Crippen LogP contribution in [-0.4, -0.2) is 51.5 Å². The van der Waals surface area contributed by atoms with Crippen molar-refractivity contribution in [3.8, 4) is 0 Å². The molecule has 3 aliphatic rings. The molecule has 0 aromatic carbocycles. The number of hydrogen-bond donors (Lipinski definition) is 0. The predicted molar refractivity (Wildman–Crippen MR) is 93.8 cm³/mol. The molecule has 0 N–H and O–H groups in total. The van der Waals surface area contributed by atoms with Crippen LogP contribution in [0.15, 0.2) is 4.52 Å². The number of piperidine rings is 1. The molecule has 1 aromatic heterocycles. The molecule has 1 spiro atoms. The lowest BCUT2D eigenvalue weighted by molar-refractivity contribution is -0.149. The Labute approximate surface area is 149 Å². The van der Waals surface area contributed by atoms with E-state index in [1.165, 1.54) is 32.1 Å². The fourth-order valence-corrected chi connectivity index (χ4v) is 5.00. The van der Waals surface area contributed by atoms with E-state index in [1.54, 1.807) is 0 Å². The van der Waals surface area contributed by atoms with Crippen LogP contribution in [-0.2, 0) is 17.8 Å². The predicted octanol–water partition coefficient (Wildman–Crippen LogP) is 2.78. The van der Waals surface area contributed by atoms with Crippen LogP contribution in [0.5, 0.6) is 0 Å². The van der Waals surface area contributed by atoms with Crippen molar-refractivity contribution in [2.45, 2.75) is 77.3 Å². The van der Waals surface area contributed by atoms with Crippen LogP contribution in [0, 0.1) is 5.41 Å². The maximum Gasteiger partial charge on any atom is 0.240 e. The zero-order chi connectivity index (χ0) is 17.3. The molecule has 1 amide bonds. The first-order valence-electron chi connectivity index (χ1n) is 10.0. The summed E-state index contributed by atoms with van der Waals surface area (Å²) in [4.78, 5) is 22.3. The summed E-state index contributed by atoms with van der Waals surface area (Å²) in [5.41, 5.74) is -0.163. The van der Waals surface area contributed by atoms with E-state index in [1.807, 2.05) is 6.92 Å². The molecule has 1 unspecified atom stereocenters. The maximum absolute atomic E-state index is 13.3. The van der Waals surface area contributed by atoms with Gasteiger partial charge >= 0.3 is 0 Å². The molecule has 6 nitrogen and oxygen atoms in total. The number of rotatable bonds is 4. The Bertz CT molecular complexity index is 610. The number of aryl methyl sites for hydroxylation is 1.